The van der Waals surface area contributed by atoms with Gasteiger partial charge in [-0.3, -0.25) is 4.79 Å². The fourth-order valence-corrected chi connectivity index (χ4v) is 2.65. The number of hydrogen-bond acceptors (Lipinski definition) is 7. The molecule has 2 unspecified atom stereocenters. The third-order valence-corrected chi connectivity index (χ3v) is 4.11. The molecule has 0 aromatic heterocycles. The van der Waals surface area contributed by atoms with Crippen molar-refractivity contribution < 1.29 is 14.3 Å². The fourth-order valence-electron chi connectivity index (χ4n) is 2.53. The van der Waals surface area contributed by atoms with Crippen LogP contribution in [0.1, 0.15) is 0 Å². The summed E-state index contributed by atoms with van der Waals surface area (Å²) < 4.78 is 10.4. The van der Waals surface area contributed by atoms with Crippen LogP contribution in [0.5, 0.6) is 11.5 Å². The molecule has 9 heteroatoms. The van der Waals surface area contributed by atoms with Crippen molar-refractivity contribution in [2.45, 2.75) is 12.2 Å². The molecule has 1 saturated heterocycles. The number of hydrazine groups is 2. The van der Waals surface area contributed by atoms with Crippen LogP contribution in [0.3, 0.4) is 0 Å². The Morgan fingerprint density at radius 1 is 1.00 bits per heavy atom. The lowest BCUT2D eigenvalue weighted by Gasteiger charge is -2.20. The highest BCUT2D eigenvalue weighted by molar-refractivity contribution is 6.30. The predicted molar refractivity (Wildman–Crippen MR) is 100 cm³/mol. The van der Waals surface area contributed by atoms with Crippen molar-refractivity contribution >= 4 is 28.9 Å². The first-order chi connectivity index (χ1) is 12.6. The average molecular weight is 378 g/mol. The van der Waals surface area contributed by atoms with Gasteiger partial charge in [-0.2, -0.15) is 5.53 Å². The number of rotatable bonds is 6. The number of carbonyl (C=O) groups excluding carboxylic acids is 1. The van der Waals surface area contributed by atoms with Gasteiger partial charge in [0.15, 0.2) is 0 Å². The normalized spacial score (nSPS) is 19.0. The standard InChI is InChI=1S/C17H20ClN5O3/c1-25-13-7-12(8-14(9-13)26-2)20-17(24)15-16(22-23-21-15)19-11-5-3-10(18)4-6-11/h3-9,15-16,19,21-23H,1-2H3,(H,20,24). The first kappa shape index (κ1) is 18.3. The molecule has 3 rings (SSSR count). The lowest BCUT2D eigenvalue weighted by atomic mass is 10.2. The van der Waals surface area contributed by atoms with Gasteiger partial charge >= 0.3 is 0 Å². The highest BCUT2D eigenvalue weighted by Crippen LogP contribution is 2.26. The molecule has 2 aromatic carbocycles. The van der Waals surface area contributed by atoms with Crippen LogP contribution in [0.2, 0.25) is 5.02 Å². The number of hydrogen-bond donors (Lipinski definition) is 5. The van der Waals surface area contributed by atoms with E-state index in [0.717, 1.165) is 5.69 Å². The van der Waals surface area contributed by atoms with Gasteiger partial charge in [0, 0.05) is 34.6 Å². The molecule has 1 amide bonds. The molecule has 8 nitrogen and oxygen atoms in total. The number of ether oxygens (including phenoxy) is 2. The molecule has 0 bridgehead atoms. The Hall–Kier alpha value is -2.52. The summed E-state index contributed by atoms with van der Waals surface area (Å²) in [6.45, 7) is 0. The highest BCUT2D eigenvalue weighted by Gasteiger charge is 2.32. The van der Waals surface area contributed by atoms with Gasteiger partial charge < -0.3 is 20.1 Å². The van der Waals surface area contributed by atoms with Gasteiger partial charge in [-0.15, -0.1) is 0 Å². The van der Waals surface area contributed by atoms with E-state index in [2.05, 4.69) is 27.0 Å². The van der Waals surface area contributed by atoms with Gasteiger partial charge in [-0.1, -0.05) is 11.6 Å². The zero-order chi connectivity index (χ0) is 18.5. The number of methoxy groups -OCH3 is 2. The fraction of sp³-hybridized carbons (Fsp3) is 0.235. The first-order valence-electron chi connectivity index (χ1n) is 7.91. The van der Waals surface area contributed by atoms with Crippen molar-refractivity contribution in [1.82, 2.24) is 16.4 Å². The topological polar surface area (TPSA) is 95.7 Å². The van der Waals surface area contributed by atoms with E-state index in [-0.39, 0.29) is 12.1 Å². The Balaban J connectivity index is 1.69. The summed E-state index contributed by atoms with van der Waals surface area (Å²) in [5.74, 6) is 0.946. The minimum atomic E-state index is -0.567. The van der Waals surface area contributed by atoms with Gasteiger partial charge in [-0.05, 0) is 24.3 Å². The summed E-state index contributed by atoms with van der Waals surface area (Å²) in [6, 6.07) is 11.8. The Morgan fingerprint density at radius 3 is 2.27 bits per heavy atom. The maximum Gasteiger partial charge on any atom is 0.246 e. The Bertz CT molecular complexity index is 749. The average Bonchev–Trinajstić information content (AvgIpc) is 3.11. The maximum absolute atomic E-state index is 12.7. The Morgan fingerprint density at radius 2 is 1.65 bits per heavy atom. The monoisotopic (exact) mass is 377 g/mol. The number of amides is 1. The second kappa shape index (κ2) is 8.24. The molecule has 0 spiro atoms. The molecular weight excluding hydrogens is 358 g/mol. The molecule has 0 saturated carbocycles. The van der Waals surface area contributed by atoms with Crippen LogP contribution in [0.4, 0.5) is 11.4 Å². The van der Waals surface area contributed by atoms with Crippen LogP contribution in [0.15, 0.2) is 42.5 Å². The Labute approximate surface area is 156 Å². The van der Waals surface area contributed by atoms with E-state index in [1.807, 2.05) is 12.1 Å². The van der Waals surface area contributed by atoms with E-state index in [1.165, 1.54) is 0 Å². The first-order valence-corrected chi connectivity index (χ1v) is 8.29. The third kappa shape index (κ3) is 4.36. The highest BCUT2D eigenvalue weighted by atomic mass is 35.5. The van der Waals surface area contributed by atoms with Gasteiger partial charge in [0.05, 0.1) is 14.2 Å². The summed E-state index contributed by atoms with van der Waals surface area (Å²) in [4.78, 5) is 12.7. The molecular formula is C17H20ClN5O3. The molecule has 1 aliphatic heterocycles. The van der Waals surface area contributed by atoms with E-state index >= 15 is 0 Å². The summed E-state index contributed by atoms with van der Waals surface area (Å²) in [5.41, 5.74) is 10.0. The third-order valence-electron chi connectivity index (χ3n) is 3.86. The number of nitrogens with one attached hydrogen (secondary N) is 5. The number of anilines is 2. The molecule has 2 atom stereocenters. The molecule has 26 heavy (non-hydrogen) atoms. The molecule has 0 aliphatic carbocycles. The van der Waals surface area contributed by atoms with Crippen LogP contribution in [0, 0.1) is 0 Å². The van der Waals surface area contributed by atoms with Crippen molar-refractivity contribution in [3.8, 4) is 11.5 Å². The van der Waals surface area contributed by atoms with Crippen molar-refractivity contribution in [2.24, 2.45) is 0 Å². The van der Waals surface area contributed by atoms with Crippen LogP contribution < -0.4 is 36.5 Å². The van der Waals surface area contributed by atoms with E-state index in [4.69, 9.17) is 21.1 Å². The lowest BCUT2D eigenvalue weighted by Crippen LogP contribution is -2.47. The molecule has 0 radical (unpaired) electrons. The summed E-state index contributed by atoms with van der Waals surface area (Å²) >= 11 is 5.89. The molecule has 2 aromatic rings. The van der Waals surface area contributed by atoms with Crippen molar-refractivity contribution in [3.05, 3.63) is 47.5 Å². The van der Waals surface area contributed by atoms with E-state index in [1.54, 1.807) is 44.6 Å². The number of halogens is 1. The second-order valence-corrected chi connectivity index (χ2v) is 6.05. The Kier molecular flexibility index (Phi) is 5.79. The van der Waals surface area contributed by atoms with Crippen LogP contribution in [-0.4, -0.2) is 32.3 Å². The van der Waals surface area contributed by atoms with Gasteiger partial charge in [0.2, 0.25) is 5.91 Å². The summed E-state index contributed by atoms with van der Waals surface area (Å²) in [5, 5.41) is 6.73. The zero-order valence-corrected chi connectivity index (χ0v) is 15.1. The maximum atomic E-state index is 12.7. The minimum absolute atomic E-state index is 0.232. The zero-order valence-electron chi connectivity index (χ0n) is 14.3. The van der Waals surface area contributed by atoms with Gasteiger partial charge in [0.1, 0.15) is 23.7 Å². The molecule has 1 aliphatic rings. The largest absolute Gasteiger partial charge is 0.497 e. The predicted octanol–water partition coefficient (Wildman–Crippen LogP) is 1.71. The summed E-state index contributed by atoms with van der Waals surface area (Å²) in [7, 11) is 3.11. The van der Waals surface area contributed by atoms with Crippen molar-refractivity contribution in [3.63, 3.8) is 0 Å². The van der Waals surface area contributed by atoms with E-state index < -0.39 is 6.04 Å². The van der Waals surface area contributed by atoms with E-state index in [9.17, 15) is 4.79 Å². The molecule has 5 N–H and O–H groups in total. The van der Waals surface area contributed by atoms with Crippen LogP contribution in [-0.2, 0) is 4.79 Å². The van der Waals surface area contributed by atoms with Crippen LogP contribution in [0.25, 0.3) is 0 Å². The lowest BCUT2D eigenvalue weighted by molar-refractivity contribution is -0.118. The molecule has 1 fully saturated rings. The molecule has 138 valence electrons. The molecule has 1 heterocycles. The second-order valence-electron chi connectivity index (χ2n) is 5.61. The minimum Gasteiger partial charge on any atom is -0.497 e. The summed E-state index contributed by atoms with van der Waals surface area (Å²) in [6.07, 6.45) is -0.372. The van der Waals surface area contributed by atoms with Gasteiger partial charge in [0.25, 0.3) is 0 Å². The van der Waals surface area contributed by atoms with E-state index in [0.29, 0.717) is 22.2 Å². The quantitative estimate of drug-likeness (QED) is 0.523. The van der Waals surface area contributed by atoms with Gasteiger partial charge in [-0.25, -0.2) is 10.9 Å². The van der Waals surface area contributed by atoms with Crippen molar-refractivity contribution in [1.29, 1.82) is 0 Å². The smallest absolute Gasteiger partial charge is 0.246 e. The number of carbonyl (C=O) groups is 1. The number of benzene rings is 2. The SMILES string of the molecule is COc1cc(NC(=O)C2NNNC2Nc2ccc(Cl)cc2)cc(OC)c1. The van der Waals surface area contributed by atoms with Crippen LogP contribution >= 0.6 is 11.6 Å². The van der Waals surface area contributed by atoms with Crippen molar-refractivity contribution in [2.75, 3.05) is 24.9 Å².